The van der Waals surface area contributed by atoms with Gasteiger partial charge in [0, 0.05) is 38.7 Å². The monoisotopic (exact) mass is 369 g/mol. The van der Waals surface area contributed by atoms with Crippen LogP contribution < -0.4 is 10.6 Å². The predicted molar refractivity (Wildman–Crippen MR) is 91.7 cm³/mol. The van der Waals surface area contributed by atoms with Gasteiger partial charge in [-0.1, -0.05) is 6.07 Å². The molecule has 0 aliphatic carbocycles. The number of morpholine rings is 1. The molecular weight excluding hydrogens is 346 g/mol. The number of ether oxygens (including phenoxy) is 1. The molecule has 1 aromatic carbocycles. The van der Waals surface area contributed by atoms with E-state index in [1.807, 2.05) is 0 Å². The van der Waals surface area contributed by atoms with Crippen molar-refractivity contribution in [3.63, 3.8) is 0 Å². The van der Waals surface area contributed by atoms with Crippen molar-refractivity contribution >= 4 is 21.8 Å². The summed E-state index contributed by atoms with van der Waals surface area (Å²) in [4.78, 5) is 23.0. The summed E-state index contributed by atoms with van der Waals surface area (Å²) in [6.07, 6.45) is 0.594. The van der Waals surface area contributed by atoms with Gasteiger partial charge in [0.25, 0.3) is 5.91 Å². The standard InChI is InChI=1S/C16H23N3O5S/c1-13(20)17-6-3-7-18-16(21)14-4-2-5-15(12-14)25(22,23)19-8-10-24-11-9-19/h2,4-5,12H,3,6-11H2,1H3,(H,17,20)(H,18,21). The van der Waals surface area contributed by atoms with Gasteiger partial charge >= 0.3 is 0 Å². The third-order valence-corrected chi connectivity index (χ3v) is 5.61. The van der Waals surface area contributed by atoms with Crippen LogP contribution in [0.2, 0.25) is 0 Å². The number of sulfonamides is 1. The number of nitrogens with one attached hydrogen (secondary N) is 2. The van der Waals surface area contributed by atoms with Crippen LogP contribution in [0.1, 0.15) is 23.7 Å². The highest BCUT2D eigenvalue weighted by Gasteiger charge is 2.26. The highest BCUT2D eigenvalue weighted by molar-refractivity contribution is 7.89. The Hall–Kier alpha value is -1.97. The van der Waals surface area contributed by atoms with Crippen molar-refractivity contribution in [2.24, 2.45) is 0 Å². The average Bonchev–Trinajstić information content (AvgIpc) is 2.62. The topological polar surface area (TPSA) is 105 Å². The first-order chi connectivity index (χ1) is 11.9. The summed E-state index contributed by atoms with van der Waals surface area (Å²) in [6.45, 7) is 3.64. The van der Waals surface area contributed by atoms with Crippen molar-refractivity contribution in [1.82, 2.24) is 14.9 Å². The molecule has 0 unspecified atom stereocenters. The number of nitrogens with zero attached hydrogens (tertiary/aromatic N) is 1. The maximum atomic E-state index is 12.6. The third-order valence-electron chi connectivity index (χ3n) is 3.72. The van der Waals surface area contributed by atoms with E-state index in [2.05, 4.69) is 10.6 Å². The van der Waals surface area contributed by atoms with Gasteiger partial charge in [0.05, 0.1) is 18.1 Å². The number of benzene rings is 1. The van der Waals surface area contributed by atoms with E-state index in [1.54, 1.807) is 12.1 Å². The Morgan fingerprint density at radius 1 is 1.16 bits per heavy atom. The molecule has 1 aromatic rings. The SMILES string of the molecule is CC(=O)NCCCNC(=O)c1cccc(S(=O)(=O)N2CCOCC2)c1. The molecule has 0 aromatic heterocycles. The quantitative estimate of drug-likeness (QED) is 0.657. The second-order valence-corrected chi connectivity index (χ2v) is 7.57. The molecule has 2 N–H and O–H groups in total. The Balaban J connectivity index is 1.97. The van der Waals surface area contributed by atoms with Crippen LogP contribution in [0.4, 0.5) is 0 Å². The molecule has 2 amide bonds. The molecule has 1 aliphatic heterocycles. The summed E-state index contributed by atoms with van der Waals surface area (Å²) < 4.78 is 31.8. The first-order valence-electron chi connectivity index (χ1n) is 8.12. The predicted octanol–water partition coefficient (Wildman–Crippen LogP) is -0.0365. The van der Waals surface area contributed by atoms with Crippen molar-refractivity contribution in [2.45, 2.75) is 18.2 Å². The Labute approximate surface area is 147 Å². The molecule has 0 radical (unpaired) electrons. The highest BCUT2D eigenvalue weighted by Crippen LogP contribution is 2.18. The van der Waals surface area contributed by atoms with Crippen molar-refractivity contribution in [3.05, 3.63) is 29.8 Å². The van der Waals surface area contributed by atoms with Crippen molar-refractivity contribution in [3.8, 4) is 0 Å². The van der Waals surface area contributed by atoms with Crippen LogP contribution in [0.5, 0.6) is 0 Å². The lowest BCUT2D eigenvalue weighted by Crippen LogP contribution is -2.40. The highest BCUT2D eigenvalue weighted by atomic mass is 32.2. The maximum absolute atomic E-state index is 12.6. The number of carbonyl (C=O) groups excluding carboxylic acids is 2. The van der Waals surface area contributed by atoms with Gasteiger partial charge < -0.3 is 15.4 Å². The fourth-order valence-corrected chi connectivity index (χ4v) is 3.84. The zero-order valence-corrected chi connectivity index (χ0v) is 15.0. The van der Waals surface area contributed by atoms with Crippen LogP contribution in [0.15, 0.2) is 29.2 Å². The zero-order chi connectivity index (χ0) is 18.3. The molecule has 1 aliphatic rings. The van der Waals surface area contributed by atoms with Crippen molar-refractivity contribution in [1.29, 1.82) is 0 Å². The summed E-state index contributed by atoms with van der Waals surface area (Å²) in [5.41, 5.74) is 0.286. The van der Waals surface area contributed by atoms with E-state index in [9.17, 15) is 18.0 Å². The molecule has 1 saturated heterocycles. The van der Waals surface area contributed by atoms with E-state index < -0.39 is 10.0 Å². The van der Waals surface area contributed by atoms with E-state index in [-0.39, 0.29) is 22.3 Å². The Bertz CT molecular complexity index is 714. The maximum Gasteiger partial charge on any atom is 0.251 e. The van der Waals surface area contributed by atoms with Crippen LogP contribution in [0.3, 0.4) is 0 Å². The Morgan fingerprint density at radius 2 is 1.84 bits per heavy atom. The minimum absolute atomic E-state index is 0.0975. The summed E-state index contributed by atoms with van der Waals surface area (Å²) in [7, 11) is -3.63. The van der Waals surface area contributed by atoms with E-state index >= 15 is 0 Å². The van der Waals surface area contributed by atoms with Gasteiger partial charge in [0.2, 0.25) is 15.9 Å². The number of hydrogen-bond donors (Lipinski definition) is 2. The smallest absolute Gasteiger partial charge is 0.251 e. The number of hydrogen-bond acceptors (Lipinski definition) is 5. The molecule has 0 atom stereocenters. The molecule has 9 heteroatoms. The van der Waals surface area contributed by atoms with Gasteiger partial charge in [-0.25, -0.2) is 8.42 Å². The molecule has 138 valence electrons. The zero-order valence-electron chi connectivity index (χ0n) is 14.2. The van der Waals surface area contributed by atoms with E-state index in [0.717, 1.165) is 0 Å². The van der Waals surface area contributed by atoms with Gasteiger partial charge in [-0.15, -0.1) is 0 Å². The normalized spacial score (nSPS) is 15.6. The van der Waals surface area contributed by atoms with Gasteiger partial charge in [0.15, 0.2) is 0 Å². The fraction of sp³-hybridized carbons (Fsp3) is 0.500. The van der Waals surface area contributed by atoms with Gasteiger partial charge in [0.1, 0.15) is 0 Å². The van der Waals surface area contributed by atoms with Crippen LogP contribution in [0.25, 0.3) is 0 Å². The summed E-state index contributed by atoms with van der Waals surface area (Å²) >= 11 is 0. The second kappa shape index (κ2) is 8.93. The average molecular weight is 369 g/mol. The summed E-state index contributed by atoms with van der Waals surface area (Å²) in [5.74, 6) is -0.464. The van der Waals surface area contributed by atoms with Crippen LogP contribution in [-0.4, -0.2) is 63.9 Å². The number of amides is 2. The molecule has 0 bridgehead atoms. The second-order valence-electron chi connectivity index (χ2n) is 5.64. The molecule has 25 heavy (non-hydrogen) atoms. The van der Waals surface area contributed by atoms with Crippen LogP contribution in [0, 0.1) is 0 Å². The first kappa shape index (κ1) is 19.4. The number of rotatable bonds is 7. The van der Waals surface area contributed by atoms with E-state index in [0.29, 0.717) is 45.8 Å². The minimum atomic E-state index is -3.63. The van der Waals surface area contributed by atoms with Gasteiger partial charge in [-0.05, 0) is 24.6 Å². The first-order valence-corrected chi connectivity index (χ1v) is 9.56. The lowest BCUT2D eigenvalue weighted by molar-refractivity contribution is -0.118. The van der Waals surface area contributed by atoms with Crippen molar-refractivity contribution < 1.29 is 22.7 Å². The molecule has 0 spiro atoms. The van der Waals surface area contributed by atoms with Gasteiger partial charge in [-0.2, -0.15) is 4.31 Å². The lowest BCUT2D eigenvalue weighted by Gasteiger charge is -2.26. The van der Waals surface area contributed by atoms with Gasteiger partial charge in [-0.3, -0.25) is 9.59 Å². The number of carbonyl (C=O) groups is 2. The summed E-state index contributed by atoms with van der Waals surface area (Å²) in [5, 5.41) is 5.35. The fourth-order valence-electron chi connectivity index (χ4n) is 2.39. The largest absolute Gasteiger partial charge is 0.379 e. The minimum Gasteiger partial charge on any atom is -0.379 e. The Kier molecular flexibility index (Phi) is 6.91. The van der Waals surface area contributed by atoms with E-state index in [1.165, 1.54) is 23.4 Å². The molecule has 0 saturated carbocycles. The van der Waals surface area contributed by atoms with Crippen molar-refractivity contribution in [2.75, 3.05) is 39.4 Å². The Morgan fingerprint density at radius 3 is 2.52 bits per heavy atom. The molecular formula is C16H23N3O5S. The lowest BCUT2D eigenvalue weighted by atomic mass is 10.2. The molecule has 2 rings (SSSR count). The van der Waals surface area contributed by atoms with Crippen LogP contribution in [-0.2, 0) is 19.6 Å². The molecule has 8 nitrogen and oxygen atoms in total. The van der Waals surface area contributed by atoms with E-state index in [4.69, 9.17) is 4.74 Å². The van der Waals surface area contributed by atoms with Crippen LogP contribution >= 0.6 is 0 Å². The third kappa shape index (κ3) is 5.52. The molecule has 1 heterocycles. The molecule has 1 fully saturated rings. The summed E-state index contributed by atoms with van der Waals surface area (Å²) in [6, 6.07) is 5.99.